The van der Waals surface area contributed by atoms with Crippen LogP contribution in [-0.2, 0) is 9.59 Å². The molecule has 4 rings (SSSR count). The van der Waals surface area contributed by atoms with Gasteiger partial charge in [0.25, 0.3) is 5.91 Å². The average molecular weight is 533 g/mol. The molecule has 1 atom stereocenters. The summed E-state index contributed by atoms with van der Waals surface area (Å²) >= 11 is 1.49. The number of methoxy groups -OCH3 is 1. The van der Waals surface area contributed by atoms with Crippen molar-refractivity contribution in [3.8, 4) is 5.75 Å². The van der Waals surface area contributed by atoms with E-state index in [0.717, 1.165) is 16.4 Å². The molecule has 0 saturated carbocycles. The van der Waals surface area contributed by atoms with Crippen LogP contribution in [0.3, 0.4) is 0 Å². The molecule has 0 fully saturated rings. The minimum Gasteiger partial charge on any atom is -0.497 e. The number of allylic oxidation sites excluding steroid dienone is 1. The number of nitrogens with zero attached hydrogens (tertiary/aromatic N) is 2. The fraction of sp³-hybridized carbons (Fsp3) is 0.367. The van der Waals surface area contributed by atoms with Crippen LogP contribution in [0, 0.1) is 5.92 Å². The molecule has 38 heavy (non-hydrogen) atoms. The minimum atomic E-state index is -0.416. The van der Waals surface area contributed by atoms with Gasteiger partial charge in [-0.1, -0.05) is 63.7 Å². The van der Waals surface area contributed by atoms with Crippen molar-refractivity contribution in [2.24, 2.45) is 10.9 Å². The van der Waals surface area contributed by atoms with Crippen molar-refractivity contribution in [1.82, 2.24) is 10.2 Å². The molecule has 2 heterocycles. The van der Waals surface area contributed by atoms with Crippen LogP contribution >= 0.6 is 11.8 Å². The van der Waals surface area contributed by atoms with E-state index in [4.69, 9.17) is 9.73 Å². The molecule has 0 unspecified atom stereocenters. The maximum Gasteiger partial charge on any atom is 0.255 e. The van der Waals surface area contributed by atoms with Crippen LogP contribution in [0.1, 0.15) is 64.1 Å². The van der Waals surface area contributed by atoms with Gasteiger partial charge in [0.05, 0.1) is 30.8 Å². The lowest BCUT2D eigenvalue weighted by Gasteiger charge is -2.36. The molecule has 2 aliphatic heterocycles. The van der Waals surface area contributed by atoms with Gasteiger partial charge in [-0.05, 0) is 59.6 Å². The van der Waals surface area contributed by atoms with Crippen molar-refractivity contribution in [2.75, 3.05) is 19.0 Å². The number of rotatable bonds is 9. The predicted molar refractivity (Wildman–Crippen MR) is 155 cm³/mol. The Morgan fingerprint density at radius 2 is 1.74 bits per heavy atom. The van der Waals surface area contributed by atoms with Crippen molar-refractivity contribution in [1.29, 1.82) is 0 Å². The number of carbonyl (C=O) groups is 2. The van der Waals surface area contributed by atoms with Gasteiger partial charge in [-0.15, -0.1) is 0 Å². The van der Waals surface area contributed by atoms with Gasteiger partial charge in [0.2, 0.25) is 5.91 Å². The van der Waals surface area contributed by atoms with Gasteiger partial charge in [-0.25, -0.2) is 4.99 Å². The molecule has 0 aliphatic carbocycles. The van der Waals surface area contributed by atoms with E-state index in [-0.39, 0.29) is 18.2 Å². The van der Waals surface area contributed by atoms with Crippen molar-refractivity contribution in [2.45, 2.75) is 53.0 Å². The number of aliphatic imine (C=N–C) groups is 1. The quantitative estimate of drug-likeness (QED) is 0.402. The van der Waals surface area contributed by atoms with Crippen LogP contribution in [0.2, 0.25) is 0 Å². The number of thioether (sulfide) groups is 1. The highest BCUT2D eigenvalue weighted by Crippen LogP contribution is 2.45. The normalized spacial score (nSPS) is 16.8. The monoisotopic (exact) mass is 532 g/mol. The number of carbonyl (C=O) groups excluding carboxylic acids is 2. The Kier molecular flexibility index (Phi) is 8.62. The zero-order chi connectivity index (χ0) is 27.4. The summed E-state index contributed by atoms with van der Waals surface area (Å²) < 4.78 is 5.24. The third-order valence-corrected chi connectivity index (χ3v) is 7.45. The molecule has 0 spiro atoms. The maximum atomic E-state index is 13.8. The number of amidine groups is 1. The Balaban J connectivity index is 1.69. The summed E-state index contributed by atoms with van der Waals surface area (Å²) in [6.45, 7) is 10.9. The lowest BCUT2D eigenvalue weighted by molar-refractivity contribution is -0.120. The van der Waals surface area contributed by atoms with Gasteiger partial charge in [0, 0.05) is 17.9 Å². The molecule has 200 valence electrons. The van der Waals surface area contributed by atoms with Crippen LogP contribution in [0.25, 0.3) is 0 Å². The summed E-state index contributed by atoms with van der Waals surface area (Å²) in [6, 6.07) is 15.2. The van der Waals surface area contributed by atoms with Gasteiger partial charge in [0.15, 0.2) is 5.17 Å². The number of anilines is 1. The number of benzene rings is 2. The number of fused-ring (bicyclic) bond motifs is 1. The molecular formula is C30H36N4O3S. The Hall–Kier alpha value is -3.52. The van der Waals surface area contributed by atoms with E-state index in [1.807, 2.05) is 41.5 Å². The number of amides is 2. The molecule has 0 bridgehead atoms. The van der Waals surface area contributed by atoms with E-state index < -0.39 is 6.04 Å². The lowest BCUT2D eigenvalue weighted by Crippen LogP contribution is -2.39. The van der Waals surface area contributed by atoms with Crippen molar-refractivity contribution >= 4 is 34.4 Å². The van der Waals surface area contributed by atoms with Crippen molar-refractivity contribution in [3.05, 3.63) is 82.0 Å². The second-order valence-corrected chi connectivity index (χ2v) is 11.1. The van der Waals surface area contributed by atoms with E-state index in [0.29, 0.717) is 41.1 Å². The maximum absolute atomic E-state index is 13.8. The molecule has 2 aromatic carbocycles. The molecule has 0 saturated heterocycles. The zero-order valence-electron chi connectivity index (χ0n) is 22.9. The number of nitrogens with one attached hydrogen (secondary N) is 2. The predicted octanol–water partition coefficient (Wildman–Crippen LogP) is 6.19. The third kappa shape index (κ3) is 6.13. The molecule has 0 aromatic heterocycles. The first-order valence-corrected chi connectivity index (χ1v) is 13.8. The summed E-state index contributed by atoms with van der Waals surface area (Å²) in [5.74, 6) is 1.20. The van der Waals surface area contributed by atoms with Gasteiger partial charge in [0.1, 0.15) is 5.75 Å². The van der Waals surface area contributed by atoms with E-state index in [2.05, 4.69) is 62.6 Å². The Labute approximate surface area is 229 Å². The SMILES string of the molecule is COc1ccc(NC(=O)C2=C(C)N=C3SC=C(CC(=O)NCC(C)C)N3[C@H]2c2ccc(C(C)C)cc2)cc1. The molecule has 2 N–H and O–H groups in total. The van der Waals surface area contributed by atoms with Crippen LogP contribution in [-0.4, -0.2) is 35.5 Å². The first-order chi connectivity index (χ1) is 18.2. The zero-order valence-corrected chi connectivity index (χ0v) is 23.7. The van der Waals surface area contributed by atoms with Gasteiger partial charge < -0.3 is 20.3 Å². The third-order valence-electron chi connectivity index (χ3n) is 6.56. The molecular weight excluding hydrogens is 496 g/mol. The van der Waals surface area contributed by atoms with Crippen LogP contribution in [0.15, 0.2) is 75.9 Å². The number of hydrogen-bond acceptors (Lipinski definition) is 6. The summed E-state index contributed by atoms with van der Waals surface area (Å²) in [5.41, 5.74) is 4.90. The standard InChI is InChI=1S/C30H36N4O3S/c1-18(2)16-31-26(35)15-24-17-38-30-32-20(5)27(29(36)33-23-11-13-25(37-6)14-12-23)28(34(24)30)22-9-7-21(8-10-22)19(3)4/h7-14,17-19,28H,15-16H2,1-6H3,(H,31,35)(H,33,36)/t28-/m0/s1. The Morgan fingerprint density at radius 1 is 1.05 bits per heavy atom. The summed E-state index contributed by atoms with van der Waals surface area (Å²) in [6.07, 6.45) is 0.214. The second-order valence-electron chi connectivity index (χ2n) is 10.3. The van der Waals surface area contributed by atoms with Gasteiger partial charge >= 0.3 is 0 Å². The summed E-state index contributed by atoms with van der Waals surface area (Å²) in [4.78, 5) is 33.4. The van der Waals surface area contributed by atoms with Crippen LogP contribution in [0.5, 0.6) is 5.75 Å². The molecule has 2 aliphatic rings. The molecule has 0 radical (unpaired) electrons. The Morgan fingerprint density at radius 3 is 2.34 bits per heavy atom. The highest BCUT2D eigenvalue weighted by Gasteiger charge is 2.40. The largest absolute Gasteiger partial charge is 0.497 e. The van der Waals surface area contributed by atoms with Crippen molar-refractivity contribution in [3.63, 3.8) is 0 Å². The molecule has 2 amide bonds. The number of hydrogen-bond donors (Lipinski definition) is 2. The second kappa shape index (κ2) is 11.9. The highest BCUT2D eigenvalue weighted by atomic mass is 32.2. The van der Waals surface area contributed by atoms with Crippen LogP contribution in [0.4, 0.5) is 5.69 Å². The topological polar surface area (TPSA) is 83.0 Å². The lowest BCUT2D eigenvalue weighted by atomic mass is 9.91. The summed E-state index contributed by atoms with van der Waals surface area (Å²) in [7, 11) is 1.61. The molecule has 2 aromatic rings. The van der Waals surface area contributed by atoms with Crippen molar-refractivity contribution < 1.29 is 14.3 Å². The fourth-order valence-electron chi connectivity index (χ4n) is 4.46. The Bertz CT molecular complexity index is 1280. The number of ether oxygens (including phenoxy) is 1. The summed E-state index contributed by atoms with van der Waals surface area (Å²) in [5, 5.41) is 8.79. The van der Waals surface area contributed by atoms with E-state index >= 15 is 0 Å². The van der Waals surface area contributed by atoms with E-state index in [1.165, 1.54) is 17.3 Å². The molecule has 8 heteroatoms. The minimum absolute atomic E-state index is 0.0452. The first-order valence-electron chi connectivity index (χ1n) is 12.9. The van der Waals surface area contributed by atoms with Gasteiger partial charge in [-0.2, -0.15) is 0 Å². The van der Waals surface area contributed by atoms with Crippen LogP contribution < -0.4 is 15.4 Å². The highest BCUT2D eigenvalue weighted by molar-refractivity contribution is 8.16. The van der Waals surface area contributed by atoms with Gasteiger partial charge in [-0.3, -0.25) is 9.59 Å². The smallest absolute Gasteiger partial charge is 0.255 e. The molecule has 7 nitrogen and oxygen atoms in total. The van der Waals surface area contributed by atoms with E-state index in [1.54, 1.807) is 7.11 Å². The van der Waals surface area contributed by atoms with E-state index in [9.17, 15) is 9.59 Å². The first kappa shape index (κ1) is 27.5. The fourth-order valence-corrected chi connectivity index (χ4v) is 5.42. The average Bonchev–Trinajstić information content (AvgIpc) is 3.28.